The van der Waals surface area contributed by atoms with E-state index in [4.69, 9.17) is 4.74 Å². The number of amides is 1. The van der Waals surface area contributed by atoms with Crippen molar-refractivity contribution in [2.75, 3.05) is 0 Å². The maximum absolute atomic E-state index is 12.4. The van der Waals surface area contributed by atoms with E-state index in [2.05, 4.69) is 0 Å². The number of esters is 1. The van der Waals surface area contributed by atoms with Gasteiger partial charge in [-0.1, -0.05) is 42.5 Å². The van der Waals surface area contributed by atoms with Crippen LogP contribution in [0, 0.1) is 0 Å². The Labute approximate surface area is 138 Å². The van der Waals surface area contributed by atoms with E-state index in [9.17, 15) is 22.8 Å². The van der Waals surface area contributed by atoms with E-state index in [1.165, 1.54) is 6.08 Å². The number of carbonyl (C=O) groups excluding carboxylic acids is 2. The van der Waals surface area contributed by atoms with Crippen LogP contribution in [0.25, 0.3) is 6.08 Å². The highest BCUT2D eigenvalue weighted by Crippen LogP contribution is 2.16. The molecule has 0 spiro atoms. The molecule has 0 fully saturated rings. The lowest BCUT2D eigenvalue weighted by molar-refractivity contribution is -0.177. The SMILES string of the molecule is CC(C)(C)OC(=O)C(C/C=C/c1ccccc1)NC(=O)C(F)(F)F. The zero-order valence-electron chi connectivity index (χ0n) is 13.7. The lowest BCUT2D eigenvalue weighted by atomic mass is 10.1. The third-order valence-corrected chi connectivity index (χ3v) is 2.74. The average Bonchev–Trinajstić information content (AvgIpc) is 2.44. The van der Waals surface area contributed by atoms with Gasteiger partial charge in [0.2, 0.25) is 0 Å². The topological polar surface area (TPSA) is 55.4 Å². The van der Waals surface area contributed by atoms with Gasteiger partial charge >= 0.3 is 18.1 Å². The van der Waals surface area contributed by atoms with Crippen LogP contribution in [-0.4, -0.2) is 29.7 Å². The zero-order chi connectivity index (χ0) is 18.4. The van der Waals surface area contributed by atoms with E-state index in [-0.39, 0.29) is 6.42 Å². The number of nitrogens with one attached hydrogen (secondary N) is 1. The molecule has 1 rings (SSSR count). The summed E-state index contributed by atoms with van der Waals surface area (Å²) >= 11 is 0. The van der Waals surface area contributed by atoms with Gasteiger partial charge in [0, 0.05) is 0 Å². The molecule has 7 heteroatoms. The van der Waals surface area contributed by atoms with Gasteiger partial charge in [-0.25, -0.2) is 4.79 Å². The number of alkyl halides is 3. The number of rotatable bonds is 5. The first-order valence-electron chi connectivity index (χ1n) is 7.31. The summed E-state index contributed by atoms with van der Waals surface area (Å²) < 4.78 is 42.3. The molecule has 132 valence electrons. The molecule has 0 aromatic heterocycles. The van der Waals surface area contributed by atoms with Crippen molar-refractivity contribution in [1.29, 1.82) is 0 Å². The van der Waals surface area contributed by atoms with Crippen molar-refractivity contribution in [3.63, 3.8) is 0 Å². The van der Waals surface area contributed by atoms with Crippen molar-refractivity contribution in [1.82, 2.24) is 5.32 Å². The standard InChI is InChI=1S/C17H20F3NO3/c1-16(2,3)24-14(22)13(21-15(23)17(18,19)20)11-7-10-12-8-5-4-6-9-12/h4-10,13H,11H2,1-3H3,(H,21,23)/b10-7+. The highest BCUT2D eigenvalue weighted by atomic mass is 19.4. The third-order valence-electron chi connectivity index (χ3n) is 2.74. The minimum Gasteiger partial charge on any atom is -0.458 e. The van der Waals surface area contributed by atoms with Crippen LogP contribution in [0.15, 0.2) is 36.4 Å². The molecule has 24 heavy (non-hydrogen) atoms. The smallest absolute Gasteiger partial charge is 0.458 e. The van der Waals surface area contributed by atoms with Gasteiger partial charge in [0.25, 0.3) is 0 Å². The fraction of sp³-hybridized carbons (Fsp3) is 0.412. The van der Waals surface area contributed by atoms with Crippen molar-refractivity contribution < 1.29 is 27.5 Å². The van der Waals surface area contributed by atoms with Crippen LogP contribution in [0.3, 0.4) is 0 Å². The van der Waals surface area contributed by atoms with E-state index in [0.29, 0.717) is 0 Å². The number of hydrogen-bond donors (Lipinski definition) is 1. The maximum Gasteiger partial charge on any atom is 0.471 e. The number of benzene rings is 1. The molecule has 0 bridgehead atoms. The summed E-state index contributed by atoms with van der Waals surface area (Å²) in [5.41, 5.74) is -0.0517. The molecule has 1 atom stereocenters. The number of hydrogen-bond acceptors (Lipinski definition) is 3. The fourth-order valence-electron chi connectivity index (χ4n) is 1.73. The third kappa shape index (κ3) is 7.30. The molecule has 1 N–H and O–H groups in total. The van der Waals surface area contributed by atoms with Crippen molar-refractivity contribution in [3.05, 3.63) is 42.0 Å². The molecule has 1 amide bonds. The summed E-state index contributed by atoms with van der Waals surface area (Å²) in [7, 11) is 0. The summed E-state index contributed by atoms with van der Waals surface area (Å²) in [6.07, 6.45) is -2.02. The van der Waals surface area contributed by atoms with Gasteiger partial charge < -0.3 is 10.1 Å². The van der Waals surface area contributed by atoms with E-state index in [1.807, 2.05) is 6.07 Å². The Morgan fingerprint density at radius 3 is 2.25 bits per heavy atom. The number of carbonyl (C=O) groups is 2. The quantitative estimate of drug-likeness (QED) is 0.833. The zero-order valence-corrected chi connectivity index (χ0v) is 13.7. The Bertz CT molecular complexity index is 589. The first-order valence-corrected chi connectivity index (χ1v) is 7.31. The van der Waals surface area contributed by atoms with Crippen LogP contribution in [0.5, 0.6) is 0 Å². The van der Waals surface area contributed by atoms with Crippen molar-refractivity contribution in [2.45, 2.75) is 45.0 Å². The van der Waals surface area contributed by atoms with E-state index >= 15 is 0 Å². The van der Waals surface area contributed by atoms with E-state index in [1.54, 1.807) is 56.4 Å². The summed E-state index contributed by atoms with van der Waals surface area (Å²) in [6, 6.07) is 7.61. The van der Waals surface area contributed by atoms with Gasteiger partial charge in [-0.05, 0) is 32.8 Å². The molecule has 0 saturated heterocycles. The van der Waals surface area contributed by atoms with Gasteiger partial charge in [0.15, 0.2) is 0 Å². The molecular formula is C17H20F3NO3. The van der Waals surface area contributed by atoms with Crippen LogP contribution in [-0.2, 0) is 14.3 Å². The molecule has 0 aliphatic carbocycles. The van der Waals surface area contributed by atoms with Gasteiger partial charge in [-0.2, -0.15) is 13.2 Å². The Balaban J connectivity index is 2.82. The lowest BCUT2D eigenvalue weighted by Gasteiger charge is -2.24. The molecular weight excluding hydrogens is 323 g/mol. The summed E-state index contributed by atoms with van der Waals surface area (Å²) in [5, 5.41) is 1.68. The first-order chi connectivity index (χ1) is 11.0. The minimum atomic E-state index is -5.07. The predicted molar refractivity (Wildman–Crippen MR) is 83.9 cm³/mol. The minimum absolute atomic E-state index is 0.119. The maximum atomic E-state index is 12.4. The predicted octanol–water partition coefficient (Wildman–Crippen LogP) is 3.48. The number of ether oxygens (including phenoxy) is 1. The highest BCUT2D eigenvalue weighted by molar-refractivity contribution is 5.87. The molecule has 0 heterocycles. The molecule has 1 aromatic rings. The van der Waals surface area contributed by atoms with Gasteiger partial charge in [-0.15, -0.1) is 0 Å². The Morgan fingerprint density at radius 1 is 1.17 bits per heavy atom. The molecule has 0 radical (unpaired) electrons. The summed E-state index contributed by atoms with van der Waals surface area (Å²) in [4.78, 5) is 23.1. The number of halogens is 3. The highest BCUT2D eigenvalue weighted by Gasteiger charge is 2.41. The Kier molecular flexibility index (Phi) is 6.57. The van der Waals surface area contributed by atoms with Gasteiger partial charge in [-0.3, -0.25) is 4.79 Å². The molecule has 0 saturated carbocycles. The Hall–Kier alpha value is -2.31. The molecule has 0 aliphatic heterocycles. The lowest BCUT2D eigenvalue weighted by Crippen LogP contribution is -2.48. The second-order valence-corrected chi connectivity index (χ2v) is 6.11. The molecule has 0 aliphatic rings. The molecule has 4 nitrogen and oxygen atoms in total. The second-order valence-electron chi connectivity index (χ2n) is 6.11. The molecule has 1 aromatic carbocycles. The average molecular weight is 343 g/mol. The van der Waals surface area contributed by atoms with Crippen molar-refractivity contribution in [2.24, 2.45) is 0 Å². The van der Waals surface area contributed by atoms with E-state index in [0.717, 1.165) is 5.56 Å². The first kappa shape index (κ1) is 19.7. The van der Waals surface area contributed by atoms with Crippen LogP contribution in [0.1, 0.15) is 32.8 Å². The van der Waals surface area contributed by atoms with Crippen LogP contribution >= 0.6 is 0 Å². The van der Waals surface area contributed by atoms with Gasteiger partial charge in [0.05, 0.1) is 0 Å². The largest absolute Gasteiger partial charge is 0.471 e. The van der Waals surface area contributed by atoms with E-state index < -0.39 is 29.7 Å². The van der Waals surface area contributed by atoms with Crippen LogP contribution < -0.4 is 5.32 Å². The Morgan fingerprint density at radius 2 is 1.75 bits per heavy atom. The normalized spacial score (nSPS) is 13.6. The fourth-order valence-corrected chi connectivity index (χ4v) is 1.73. The summed E-state index contributed by atoms with van der Waals surface area (Å²) in [6.45, 7) is 4.77. The second kappa shape index (κ2) is 7.99. The van der Waals surface area contributed by atoms with Crippen LogP contribution in [0.4, 0.5) is 13.2 Å². The summed E-state index contributed by atoms with van der Waals surface area (Å²) in [5.74, 6) is -3.09. The van der Waals surface area contributed by atoms with Gasteiger partial charge in [0.1, 0.15) is 11.6 Å². The van der Waals surface area contributed by atoms with Crippen LogP contribution in [0.2, 0.25) is 0 Å². The van der Waals surface area contributed by atoms with Crippen molar-refractivity contribution in [3.8, 4) is 0 Å². The van der Waals surface area contributed by atoms with Crippen molar-refractivity contribution >= 4 is 18.0 Å². The monoisotopic (exact) mass is 343 g/mol. The molecule has 1 unspecified atom stereocenters.